The first-order valence-corrected chi connectivity index (χ1v) is 8.25. The Balaban J connectivity index is 1.99. The number of allylic oxidation sites excluding steroid dienone is 3. The van der Waals surface area contributed by atoms with Crippen LogP contribution in [0.5, 0.6) is 0 Å². The quantitative estimate of drug-likeness (QED) is 0.405. The number of nitrogens with zero attached hydrogens (tertiary/aromatic N) is 1. The predicted octanol–water partition coefficient (Wildman–Crippen LogP) is 2.95. The second-order valence-corrected chi connectivity index (χ2v) is 6.06. The van der Waals surface area contributed by atoms with Crippen LogP contribution >= 0.6 is 21.6 Å². The molecule has 0 bridgehead atoms. The van der Waals surface area contributed by atoms with Gasteiger partial charge in [0.1, 0.15) is 11.3 Å². The van der Waals surface area contributed by atoms with Gasteiger partial charge >= 0.3 is 0 Å². The molecule has 1 rings (SSSR count). The highest BCUT2D eigenvalue weighted by Gasteiger charge is 1.99. The molecule has 1 atom stereocenters. The van der Waals surface area contributed by atoms with Crippen molar-refractivity contribution in [3.63, 3.8) is 0 Å². The van der Waals surface area contributed by atoms with Gasteiger partial charge in [0.15, 0.2) is 0 Å². The van der Waals surface area contributed by atoms with Gasteiger partial charge in [-0.05, 0) is 48.8 Å². The molecule has 0 fully saturated rings. The lowest BCUT2D eigenvalue weighted by molar-refractivity contribution is 0.134. The molecule has 3 nitrogen and oxygen atoms in total. The minimum absolute atomic E-state index is 0.354. The van der Waals surface area contributed by atoms with Crippen LogP contribution in [0, 0.1) is 0 Å². The van der Waals surface area contributed by atoms with Crippen LogP contribution in [0.1, 0.15) is 26.2 Å². The molecule has 17 heavy (non-hydrogen) atoms. The lowest BCUT2D eigenvalue weighted by Crippen LogP contribution is -2.28. The molecule has 0 saturated carbocycles. The average Bonchev–Trinajstić information content (AvgIpc) is 2.61. The van der Waals surface area contributed by atoms with E-state index in [1.807, 2.05) is 30.0 Å². The molecule has 0 amide bonds. The number of rotatable bonds is 8. The van der Waals surface area contributed by atoms with Crippen molar-refractivity contribution in [3.05, 3.63) is 23.3 Å². The summed E-state index contributed by atoms with van der Waals surface area (Å²) in [5, 5.41) is 13.4. The van der Waals surface area contributed by atoms with Crippen LogP contribution < -0.4 is 5.32 Å². The van der Waals surface area contributed by atoms with Gasteiger partial charge in [0.2, 0.25) is 0 Å². The lowest BCUT2D eigenvalue weighted by Gasteiger charge is -2.09. The number of nitrogens with one attached hydrogen (secondary N) is 1. The van der Waals surface area contributed by atoms with Gasteiger partial charge in [-0.3, -0.25) is 5.32 Å². The minimum atomic E-state index is -0.354. The van der Waals surface area contributed by atoms with Crippen LogP contribution in [0.25, 0.3) is 0 Å². The number of aliphatic imine (C=N–C) groups is 1. The second kappa shape index (κ2) is 9.76. The van der Waals surface area contributed by atoms with Crippen molar-refractivity contribution in [2.45, 2.75) is 32.4 Å². The summed E-state index contributed by atoms with van der Waals surface area (Å²) in [7, 11) is 3.54. The SMILES string of the molecule is CCC(O)NCCCSSC1=CCC=CC=N1. The molecule has 0 aromatic heterocycles. The average molecular weight is 272 g/mol. The summed E-state index contributed by atoms with van der Waals surface area (Å²) < 4.78 is 0. The molecule has 5 heteroatoms. The number of hydrogen-bond donors (Lipinski definition) is 2. The van der Waals surface area contributed by atoms with Crippen molar-refractivity contribution in [3.8, 4) is 0 Å². The maximum absolute atomic E-state index is 9.29. The van der Waals surface area contributed by atoms with Crippen molar-refractivity contribution < 1.29 is 5.11 Å². The summed E-state index contributed by atoms with van der Waals surface area (Å²) in [6, 6.07) is 0. The standard InChI is InChI=1S/C12H20N2OS2/c1-2-11(15)13-9-6-10-16-17-12-7-4-3-5-8-14-12/h3,5,7-8,11,13,15H,2,4,6,9-10H2,1H3. The van der Waals surface area contributed by atoms with Crippen molar-refractivity contribution in [1.29, 1.82) is 0 Å². The number of aliphatic hydroxyl groups excluding tert-OH is 1. The van der Waals surface area contributed by atoms with Crippen LogP contribution in [0.15, 0.2) is 28.2 Å². The summed E-state index contributed by atoms with van der Waals surface area (Å²) in [5.74, 6) is 1.06. The summed E-state index contributed by atoms with van der Waals surface area (Å²) >= 11 is 0. The van der Waals surface area contributed by atoms with E-state index in [-0.39, 0.29) is 6.23 Å². The Morgan fingerprint density at radius 2 is 2.47 bits per heavy atom. The van der Waals surface area contributed by atoms with Crippen LogP contribution in [0.2, 0.25) is 0 Å². The van der Waals surface area contributed by atoms with E-state index in [1.165, 1.54) is 0 Å². The minimum Gasteiger partial charge on any atom is -0.379 e. The molecule has 1 heterocycles. The first kappa shape index (κ1) is 14.8. The van der Waals surface area contributed by atoms with Crippen molar-refractivity contribution in [2.75, 3.05) is 12.3 Å². The van der Waals surface area contributed by atoms with Crippen molar-refractivity contribution in [2.24, 2.45) is 4.99 Å². The fourth-order valence-electron chi connectivity index (χ4n) is 1.18. The molecule has 0 aliphatic carbocycles. The van der Waals surface area contributed by atoms with Gasteiger partial charge in [-0.2, -0.15) is 0 Å². The van der Waals surface area contributed by atoms with Gasteiger partial charge in [-0.1, -0.05) is 23.8 Å². The summed E-state index contributed by atoms with van der Waals surface area (Å²) in [6.45, 7) is 2.83. The van der Waals surface area contributed by atoms with Gasteiger partial charge in [0, 0.05) is 12.0 Å². The molecule has 1 unspecified atom stereocenters. The number of aliphatic hydroxyl groups is 1. The van der Waals surface area contributed by atoms with Gasteiger partial charge < -0.3 is 5.11 Å². The van der Waals surface area contributed by atoms with Gasteiger partial charge in [-0.15, -0.1) is 0 Å². The monoisotopic (exact) mass is 272 g/mol. The van der Waals surface area contributed by atoms with Crippen molar-refractivity contribution in [1.82, 2.24) is 5.32 Å². The van der Waals surface area contributed by atoms with Crippen LogP contribution in [-0.2, 0) is 0 Å². The summed E-state index contributed by atoms with van der Waals surface area (Å²) in [6.07, 6.45) is 10.5. The van der Waals surface area contributed by atoms with Crippen LogP contribution in [0.4, 0.5) is 0 Å². The highest BCUT2D eigenvalue weighted by Crippen LogP contribution is 2.31. The third-order valence-corrected chi connectivity index (χ3v) is 4.55. The zero-order chi connectivity index (χ0) is 12.3. The highest BCUT2D eigenvalue weighted by atomic mass is 33.1. The summed E-state index contributed by atoms with van der Waals surface area (Å²) in [4.78, 5) is 4.32. The fourth-order valence-corrected chi connectivity index (χ4v) is 3.21. The molecular formula is C12H20N2OS2. The molecule has 2 N–H and O–H groups in total. The second-order valence-electron chi connectivity index (χ2n) is 3.62. The van der Waals surface area contributed by atoms with Crippen LogP contribution in [-0.4, -0.2) is 29.8 Å². The van der Waals surface area contributed by atoms with E-state index in [2.05, 4.69) is 22.5 Å². The van der Waals surface area contributed by atoms with E-state index in [0.29, 0.717) is 0 Å². The van der Waals surface area contributed by atoms with Gasteiger partial charge in [0.25, 0.3) is 0 Å². The molecule has 0 saturated heterocycles. The zero-order valence-corrected chi connectivity index (χ0v) is 11.8. The third-order valence-electron chi connectivity index (χ3n) is 2.17. The van der Waals surface area contributed by atoms with E-state index in [0.717, 1.165) is 36.6 Å². The molecule has 0 aromatic rings. The Morgan fingerprint density at radius 3 is 3.29 bits per heavy atom. The highest BCUT2D eigenvalue weighted by molar-refractivity contribution is 8.78. The zero-order valence-electron chi connectivity index (χ0n) is 10.1. The van der Waals surface area contributed by atoms with Crippen LogP contribution in [0.3, 0.4) is 0 Å². The molecule has 0 spiro atoms. The first-order chi connectivity index (χ1) is 8.33. The molecular weight excluding hydrogens is 252 g/mol. The molecule has 0 aromatic carbocycles. The summed E-state index contributed by atoms with van der Waals surface area (Å²) in [5.41, 5.74) is 0. The van der Waals surface area contributed by atoms with E-state index in [1.54, 1.807) is 10.8 Å². The number of hydrogen-bond acceptors (Lipinski definition) is 5. The van der Waals surface area contributed by atoms with Gasteiger partial charge in [0.05, 0.1) is 0 Å². The normalized spacial score (nSPS) is 16.7. The third kappa shape index (κ3) is 7.65. The Morgan fingerprint density at radius 1 is 1.59 bits per heavy atom. The predicted molar refractivity (Wildman–Crippen MR) is 79.3 cm³/mol. The lowest BCUT2D eigenvalue weighted by atomic mass is 10.4. The first-order valence-electron chi connectivity index (χ1n) is 5.93. The van der Waals surface area contributed by atoms with Crippen molar-refractivity contribution >= 4 is 27.8 Å². The maximum atomic E-state index is 9.29. The van der Waals surface area contributed by atoms with E-state index < -0.39 is 0 Å². The smallest absolute Gasteiger partial charge is 0.104 e. The van der Waals surface area contributed by atoms with E-state index in [4.69, 9.17) is 0 Å². The topological polar surface area (TPSA) is 44.6 Å². The molecule has 1 aliphatic rings. The van der Waals surface area contributed by atoms with E-state index >= 15 is 0 Å². The molecule has 96 valence electrons. The Labute approximate surface area is 111 Å². The maximum Gasteiger partial charge on any atom is 0.104 e. The Bertz CT molecular complexity index is 290. The largest absolute Gasteiger partial charge is 0.379 e. The van der Waals surface area contributed by atoms with E-state index in [9.17, 15) is 5.11 Å². The molecule has 0 radical (unpaired) electrons. The molecule has 1 aliphatic heterocycles. The Hall–Kier alpha value is -0.230. The Kier molecular flexibility index (Phi) is 8.52. The van der Waals surface area contributed by atoms with Gasteiger partial charge in [-0.25, -0.2) is 4.99 Å². The fraction of sp³-hybridized carbons (Fsp3) is 0.583.